The lowest BCUT2D eigenvalue weighted by Crippen LogP contribution is -1.94. The summed E-state index contributed by atoms with van der Waals surface area (Å²) in [6, 6.07) is 8.65. The molecule has 0 saturated heterocycles. The van der Waals surface area contributed by atoms with Gasteiger partial charge >= 0.3 is 11.4 Å². The van der Waals surface area contributed by atoms with Crippen LogP contribution in [0.1, 0.15) is 0 Å². The van der Waals surface area contributed by atoms with Crippen LogP contribution in [0, 0.1) is 0 Å². The highest BCUT2D eigenvalue weighted by atomic mass is 35.5. The lowest BCUT2D eigenvalue weighted by Gasteiger charge is -1.95. The normalized spacial score (nSPS) is 8.12. The number of hydrogen-bond donors (Lipinski definition) is 0. The van der Waals surface area contributed by atoms with Gasteiger partial charge in [-0.15, -0.1) is 0 Å². The average Bonchev–Trinajstić information content (AvgIpc) is 2.29. The Morgan fingerprint density at radius 1 is 1.31 bits per heavy atom. The number of halogens is 1. The third-order valence-electron chi connectivity index (χ3n) is 1.31. The second-order valence-electron chi connectivity index (χ2n) is 2.38. The Morgan fingerprint density at radius 3 is 2.19 bits per heavy atom. The minimum absolute atomic E-state index is 0.394. The van der Waals surface area contributed by atoms with E-state index in [1.165, 1.54) is 7.11 Å². The molecule has 0 aliphatic carbocycles. The summed E-state index contributed by atoms with van der Waals surface area (Å²) in [6.45, 7) is 3.16. The fourth-order valence-electron chi connectivity index (χ4n) is 0.665. The molecule has 0 unspecified atom stereocenters. The molecule has 0 aromatic heterocycles. The van der Waals surface area contributed by atoms with Crippen molar-refractivity contribution in [2.45, 2.75) is 0 Å². The Hall–Kier alpha value is -1.81. The van der Waals surface area contributed by atoms with Crippen molar-refractivity contribution in [3.05, 3.63) is 43.0 Å². The number of esters is 1. The molecule has 16 heavy (non-hydrogen) atoms. The largest absolute Gasteiger partial charge is 0.466 e. The molecule has 0 aliphatic rings. The fraction of sp³-hybridized carbons (Fsp3) is 0.0909. The lowest BCUT2D eigenvalue weighted by atomic mass is 10.3. The molecule has 86 valence electrons. The van der Waals surface area contributed by atoms with E-state index < -0.39 is 11.4 Å². The second-order valence-corrected chi connectivity index (χ2v) is 2.69. The van der Waals surface area contributed by atoms with E-state index in [1.54, 1.807) is 24.3 Å². The predicted molar refractivity (Wildman–Crippen MR) is 60.5 cm³/mol. The number of hydrogen-bond acceptors (Lipinski definition) is 4. The summed E-state index contributed by atoms with van der Waals surface area (Å²) in [5.74, 6) is 0.0671. The van der Waals surface area contributed by atoms with Gasteiger partial charge in [0, 0.05) is 17.7 Å². The van der Waals surface area contributed by atoms with Crippen molar-refractivity contribution < 1.29 is 19.1 Å². The van der Waals surface area contributed by atoms with Crippen molar-refractivity contribution in [1.29, 1.82) is 0 Å². The smallest absolute Gasteiger partial charge is 0.409 e. The summed E-state index contributed by atoms with van der Waals surface area (Å²) in [6.07, 6.45) is 1.11. The summed E-state index contributed by atoms with van der Waals surface area (Å²) < 4.78 is 8.68. The third kappa shape index (κ3) is 7.58. The first-order valence-electron chi connectivity index (χ1n) is 4.23. The first-order chi connectivity index (χ1) is 7.60. The third-order valence-corrected chi connectivity index (χ3v) is 1.39. The number of para-hydroxylation sites is 1. The van der Waals surface area contributed by atoms with Crippen molar-refractivity contribution in [3.63, 3.8) is 0 Å². The average molecular weight is 243 g/mol. The molecule has 0 heterocycles. The number of carbonyl (C=O) groups excluding carboxylic acids is 2. The van der Waals surface area contributed by atoms with Crippen LogP contribution in [-0.2, 0) is 9.53 Å². The van der Waals surface area contributed by atoms with E-state index in [1.807, 2.05) is 6.07 Å². The van der Waals surface area contributed by atoms with Crippen LogP contribution in [0.5, 0.6) is 5.75 Å². The molecule has 0 fully saturated rings. The van der Waals surface area contributed by atoms with Gasteiger partial charge in [0.25, 0.3) is 0 Å². The number of ether oxygens (including phenoxy) is 2. The Labute approximate surface area is 98.4 Å². The van der Waals surface area contributed by atoms with Gasteiger partial charge in [-0.25, -0.2) is 9.59 Å². The van der Waals surface area contributed by atoms with E-state index in [4.69, 9.17) is 11.6 Å². The van der Waals surface area contributed by atoms with Gasteiger partial charge in [-0.2, -0.15) is 0 Å². The summed E-state index contributed by atoms with van der Waals surface area (Å²) >= 11 is 4.95. The molecule has 0 spiro atoms. The number of carbonyl (C=O) groups is 2. The molecule has 0 N–H and O–H groups in total. The van der Waals surface area contributed by atoms with Crippen LogP contribution < -0.4 is 4.74 Å². The minimum atomic E-state index is -0.814. The van der Waals surface area contributed by atoms with Crippen molar-refractivity contribution in [2.24, 2.45) is 0 Å². The summed E-state index contributed by atoms with van der Waals surface area (Å²) in [5.41, 5.74) is -0.814. The van der Waals surface area contributed by atoms with Gasteiger partial charge in [0.1, 0.15) is 5.75 Å². The first kappa shape index (κ1) is 14.2. The Bertz CT molecular complexity index is 348. The molecular weight excluding hydrogens is 232 g/mol. The van der Waals surface area contributed by atoms with Gasteiger partial charge in [-0.3, -0.25) is 0 Å². The zero-order chi connectivity index (χ0) is 12.4. The molecule has 0 bridgehead atoms. The fourth-order valence-corrected chi connectivity index (χ4v) is 0.754. The molecule has 4 nitrogen and oxygen atoms in total. The zero-order valence-electron chi connectivity index (χ0n) is 8.68. The maximum Gasteiger partial charge on any atom is 0.409 e. The van der Waals surface area contributed by atoms with Gasteiger partial charge in [0.15, 0.2) is 0 Å². The van der Waals surface area contributed by atoms with Gasteiger partial charge in [0.2, 0.25) is 0 Å². The van der Waals surface area contributed by atoms with Crippen LogP contribution in [0.4, 0.5) is 4.79 Å². The van der Waals surface area contributed by atoms with E-state index >= 15 is 0 Å². The van der Waals surface area contributed by atoms with E-state index in [-0.39, 0.29) is 0 Å². The Morgan fingerprint density at radius 2 is 1.88 bits per heavy atom. The van der Waals surface area contributed by atoms with Gasteiger partial charge in [-0.1, -0.05) is 24.8 Å². The molecule has 0 amide bonds. The topological polar surface area (TPSA) is 52.6 Å². The van der Waals surface area contributed by atoms with Crippen molar-refractivity contribution in [1.82, 2.24) is 0 Å². The predicted octanol–water partition coefficient (Wildman–Crippen LogP) is 2.77. The highest BCUT2D eigenvalue weighted by Gasteiger charge is 1.95. The molecule has 1 aromatic rings. The van der Waals surface area contributed by atoms with Crippen LogP contribution in [0.3, 0.4) is 0 Å². The van der Waals surface area contributed by atoms with E-state index in [0.29, 0.717) is 5.75 Å². The summed E-state index contributed by atoms with van der Waals surface area (Å²) in [5, 5.41) is 0. The maximum atomic E-state index is 10.2. The van der Waals surface area contributed by atoms with Gasteiger partial charge < -0.3 is 9.47 Å². The number of benzene rings is 1. The lowest BCUT2D eigenvalue weighted by molar-refractivity contribution is -0.134. The highest BCUT2D eigenvalue weighted by molar-refractivity contribution is 6.61. The quantitative estimate of drug-likeness (QED) is 0.455. The first-order valence-corrected chi connectivity index (χ1v) is 4.60. The van der Waals surface area contributed by atoms with E-state index in [0.717, 1.165) is 6.08 Å². The maximum absolute atomic E-state index is 10.2. The zero-order valence-corrected chi connectivity index (χ0v) is 9.44. The molecule has 5 heteroatoms. The van der Waals surface area contributed by atoms with Crippen LogP contribution in [0.25, 0.3) is 0 Å². The molecule has 1 rings (SSSR count). The standard InChI is InChI=1S/C7H5ClO2.C4H6O2/c8-7(9)10-6-4-2-1-3-5-6;1-3-4(5)6-2/h1-5H;3H,1H2,2H3. The van der Waals surface area contributed by atoms with Gasteiger partial charge in [-0.05, 0) is 12.1 Å². The highest BCUT2D eigenvalue weighted by Crippen LogP contribution is 2.09. The molecule has 0 radical (unpaired) electrons. The van der Waals surface area contributed by atoms with Crippen molar-refractivity contribution in [3.8, 4) is 5.75 Å². The Kier molecular flexibility index (Phi) is 7.53. The van der Waals surface area contributed by atoms with Crippen LogP contribution in [0.15, 0.2) is 43.0 Å². The van der Waals surface area contributed by atoms with Crippen LogP contribution in [0.2, 0.25) is 0 Å². The number of rotatable bonds is 2. The van der Waals surface area contributed by atoms with E-state index in [2.05, 4.69) is 16.1 Å². The number of methoxy groups -OCH3 is 1. The molecule has 0 saturated carbocycles. The van der Waals surface area contributed by atoms with Gasteiger partial charge in [0.05, 0.1) is 7.11 Å². The van der Waals surface area contributed by atoms with Crippen molar-refractivity contribution in [2.75, 3.05) is 7.11 Å². The molecule has 0 atom stereocenters. The van der Waals surface area contributed by atoms with Crippen LogP contribution in [-0.4, -0.2) is 18.5 Å². The van der Waals surface area contributed by atoms with Crippen LogP contribution >= 0.6 is 11.6 Å². The molecule has 1 aromatic carbocycles. The summed E-state index contributed by atoms with van der Waals surface area (Å²) in [7, 11) is 1.31. The SMILES string of the molecule is C=CC(=O)OC.O=C(Cl)Oc1ccccc1. The Balaban J connectivity index is 0.000000325. The second kappa shape index (κ2) is 8.49. The summed E-state index contributed by atoms with van der Waals surface area (Å²) in [4.78, 5) is 20.0. The van der Waals surface area contributed by atoms with Crippen molar-refractivity contribution >= 4 is 23.0 Å². The molecule has 0 aliphatic heterocycles. The minimum Gasteiger partial charge on any atom is -0.466 e. The monoisotopic (exact) mass is 242 g/mol. The molecular formula is C11H11ClO4. The van der Waals surface area contributed by atoms with E-state index in [9.17, 15) is 9.59 Å².